The van der Waals surface area contributed by atoms with Gasteiger partial charge < -0.3 is 4.74 Å². The first-order chi connectivity index (χ1) is 8.93. The number of hydrogen-bond donors (Lipinski definition) is 0. The number of rotatable bonds is 3. The Bertz CT molecular complexity index is 517. The molecule has 3 heteroatoms. The number of hydrogen-bond acceptors (Lipinski definition) is 3. The van der Waals surface area contributed by atoms with Crippen LogP contribution in [0.3, 0.4) is 0 Å². The lowest BCUT2D eigenvalue weighted by Gasteiger charge is -2.26. The highest BCUT2D eigenvalue weighted by molar-refractivity contribution is 7.99. The Hall–Kier alpha value is -1.03. The van der Waals surface area contributed by atoms with Crippen molar-refractivity contribution in [3.63, 3.8) is 0 Å². The SMILES string of the molecule is c1ccc2c(SCN3CCOCC3)cccc2c1. The third-order valence-electron chi connectivity index (χ3n) is 3.26. The van der Waals surface area contributed by atoms with E-state index in [1.165, 1.54) is 15.7 Å². The van der Waals surface area contributed by atoms with E-state index in [1.807, 2.05) is 11.8 Å². The minimum absolute atomic E-state index is 0.871. The second-order valence-electron chi connectivity index (χ2n) is 4.48. The first kappa shape index (κ1) is 12.0. The average molecular weight is 259 g/mol. The average Bonchev–Trinajstić information content (AvgIpc) is 2.46. The van der Waals surface area contributed by atoms with Crippen LogP contribution in [0.4, 0.5) is 0 Å². The van der Waals surface area contributed by atoms with E-state index >= 15 is 0 Å². The second kappa shape index (κ2) is 5.74. The van der Waals surface area contributed by atoms with Gasteiger partial charge in [0.05, 0.1) is 13.2 Å². The summed E-state index contributed by atoms with van der Waals surface area (Å²) in [5.41, 5.74) is 0. The van der Waals surface area contributed by atoms with Crippen molar-refractivity contribution in [2.24, 2.45) is 0 Å². The molecule has 0 saturated carbocycles. The molecule has 18 heavy (non-hydrogen) atoms. The van der Waals surface area contributed by atoms with Crippen LogP contribution in [0.25, 0.3) is 10.8 Å². The molecule has 0 aromatic heterocycles. The van der Waals surface area contributed by atoms with Crippen LogP contribution in [0.15, 0.2) is 47.4 Å². The molecule has 1 aliphatic rings. The normalized spacial score (nSPS) is 17.1. The van der Waals surface area contributed by atoms with Crippen molar-refractivity contribution in [2.45, 2.75) is 4.90 Å². The molecule has 2 aromatic rings. The maximum absolute atomic E-state index is 5.37. The number of benzene rings is 2. The summed E-state index contributed by atoms with van der Waals surface area (Å²) in [6.07, 6.45) is 0. The van der Waals surface area contributed by atoms with Crippen LogP contribution >= 0.6 is 11.8 Å². The van der Waals surface area contributed by atoms with Gasteiger partial charge in [-0.05, 0) is 16.8 Å². The zero-order chi connectivity index (χ0) is 12.2. The van der Waals surface area contributed by atoms with Gasteiger partial charge in [-0.15, -0.1) is 11.8 Å². The van der Waals surface area contributed by atoms with Gasteiger partial charge in [-0.1, -0.05) is 36.4 Å². The molecule has 0 unspecified atom stereocenters. The maximum atomic E-state index is 5.37. The zero-order valence-corrected chi connectivity index (χ0v) is 11.2. The fraction of sp³-hybridized carbons (Fsp3) is 0.333. The Kier molecular flexibility index (Phi) is 3.84. The molecule has 2 aromatic carbocycles. The largest absolute Gasteiger partial charge is 0.379 e. The van der Waals surface area contributed by atoms with Gasteiger partial charge in [0, 0.05) is 23.9 Å². The van der Waals surface area contributed by atoms with Crippen LogP contribution in [-0.2, 0) is 4.74 Å². The third-order valence-corrected chi connectivity index (χ3v) is 4.42. The predicted octanol–water partition coefficient (Wildman–Crippen LogP) is 3.22. The van der Waals surface area contributed by atoms with E-state index in [2.05, 4.69) is 47.4 Å². The zero-order valence-electron chi connectivity index (χ0n) is 10.3. The van der Waals surface area contributed by atoms with E-state index in [4.69, 9.17) is 4.74 Å². The van der Waals surface area contributed by atoms with Crippen molar-refractivity contribution in [1.29, 1.82) is 0 Å². The van der Waals surface area contributed by atoms with E-state index < -0.39 is 0 Å². The van der Waals surface area contributed by atoms with Crippen molar-refractivity contribution in [3.8, 4) is 0 Å². The van der Waals surface area contributed by atoms with Gasteiger partial charge in [0.2, 0.25) is 0 Å². The Morgan fingerprint density at radius 2 is 1.78 bits per heavy atom. The van der Waals surface area contributed by atoms with Crippen molar-refractivity contribution in [2.75, 3.05) is 32.2 Å². The van der Waals surface area contributed by atoms with Gasteiger partial charge in [0.15, 0.2) is 0 Å². The van der Waals surface area contributed by atoms with Crippen molar-refractivity contribution in [1.82, 2.24) is 4.90 Å². The topological polar surface area (TPSA) is 12.5 Å². The highest BCUT2D eigenvalue weighted by Crippen LogP contribution is 2.28. The number of thioether (sulfide) groups is 1. The molecule has 0 atom stereocenters. The molecule has 1 aliphatic heterocycles. The molecule has 0 bridgehead atoms. The molecule has 0 N–H and O–H groups in total. The van der Waals surface area contributed by atoms with Crippen LogP contribution in [0.5, 0.6) is 0 Å². The smallest absolute Gasteiger partial charge is 0.0594 e. The number of fused-ring (bicyclic) bond motifs is 1. The lowest BCUT2D eigenvalue weighted by molar-refractivity contribution is 0.0474. The van der Waals surface area contributed by atoms with E-state index in [0.717, 1.165) is 32.2 Å². The predicted molar refractivity (Wildman–Crippen MR) is 77.1 cm³/mol. The molecular formula is C15H17NOS. The lowest BCUT2D eigenvalue weighted by Crippen LogP contribution is -2.35. The molecule has 0 amide bonds. The highest BCUT2D eigenvalue weighted by Gasteiger charge is 2.10. The summed E-state index contributed by atoms with van der Waals surface area (Å²) in [6, 6.07) is 15.1. The van der Waals surface area contributed by atoms with Gasteiger partial charge >= 0.3 is 0 Å². The van der Waals surface area contributed by atoms with Gasteiger partial charge in [0.1, 0.15) is 0 Å². The Labute approximate surface area is 112 Å². The molecule has 1 saturated heterocycles. The molecule has 94 valence electrons. The number of ether oxygens (including phenoxy) is 1. The minimum Gasteiger partial charge on any atom is -0.379 e. The van der Waals surface area contributed by atoms with Crippen LogP contribution in [-0.4, -0.2) is 37.1 Å². The maximum Gasteiger partial charge on any atom is 0.0594 e. The van der Waals surface area contributed by atoms with Crippen molar-refractivity contribution < 1.29 is 4.74 Å². The molecule has 0 spiro atoms. The summed E-state index contributed by atoms with van der Waals surface area (Å²) in [6.45, 7) is 3.85. The Morgan fingerprint density at radius 3 is 2.67 bits per heavy atom. The van der Waals surface area contributed by atoms with Crippen molar-refractivity contribution in [3.05, 3.63) is 42.5 Å². The summed E-state index contributed by atoms with van der Waals surface area (Å²) in [5, 5.41) is 2.68. The lowest BCUT2D eigenvalue weighted by atomic mass is 10.1. The molecule has 1 fully saturated rings. The molecule has 3 rings (SSSR count). The molecule has 0 aliphatic carbocycles. The second-order valence-corrected chi connectivity index (χ2v) is 5.47. The van der Waals surface area contributed by atoms with Gasteiger partial charge in [-0.3, -0.25) is 4.90 Å². The van der Waals surface area contributed by atoms with E-state index in [9.17, 15) is 0 Å². The molecule has 2 nitrogen and oxygen atoms in total. The first-order valence-corrected chi connectivity index (χ1v) is 7.33. The first-order valence-electron chi connectivity index (χ1n) is 6.34. The standard InChI is InChI=1S/C15H17NOS/c1-2-6-14-13(4-1)5-3-7-15(14)18-12-16-8-10-17-11-9-16/h1-7H,8-12H2. The fourth-order valence-electron chi connectivity index (χ4n) is 2.21. The van der Waals surface area contributed by atoms with Crippen LogP contribution in [0.1, 0.15) is 0 Å². The van der Waals surface area contributed by atoms with Crippen LogP contribution in [0, 0.1) is 0 Å². The highest BCUT2D eigenvalue weighted by atomic mass is 32.2. The summed E-state index contributed by atoms with van der Waals surface area (Å²) in [4.78, 5) is 3.83. The van der Waals surface area contributed by atoms with Gasteiger partial charge in [0.25, 0.3) is 0 Å². The monoisotopic (exact) mass is 259 g/mol. The van der Waals surface area contributed by atoms with E-state index in [1.54, 1.807) is 0 Å². The van der Waals surface area contributed by atoms with Gasteiger partial charge in [-0.2, -0.15) is 0 Å². The van der Waals surface area contributed by atoms with Gasteiger partial charge in [-0.25, -0.2) is 0 Å². The third kappa shape index (κ3) is 2.69. The summed E-state index contributed by atoms with van der Waals surface area (Å²) < 4.78 is 5.37. The minimum atomic E-state index is 0.871. The summed E-state index contributed by atoms with van der Waals surface area (Å²) >= 11 is 1.93. The fourth-order valence-corrected chi connectivity index (χ4v) is 3.31. The molecular weight excluding hydrogens is 242 g/mol. The van der Waals surface area contributed by atoms with Crippen LogP contribution < -0.4 is 0 Å². The number of nitrogens with zero attached hydrogens (tertiary/aromatic N) is 1. The van der Waals surface area contributed by atoms with Crippen LogP contribution in [0.2, 0.25) is 0 Å². The quantitative estimate of drug-likeness (QED) is 0.785. The van der Waals surface area contributed by atoms with Crippen molar-refractivity contribution >= 4 is 22.5 Å². The van der Waals surface area contributed by atoms with E-state index in [0.29, 0.717) is 0 Å². The Morgan fingerprint density at radius 1 is 1.00 bits per heavy atom. The van der Waals surface area contributed by atoms with E-state index in [-0.39, 0.29) is 0 Å². The number of morpholine rings is 1. The summed E-state index contributed by atoms with van der Waals surface area (Å²) in [5.74, 6) is 1.05. The molecule has 0 radical (unpaired) electrons. The Balaban J connectivity index is 1.74. The summed E-state index contributed by atoms with van der Waals surface area (Å²) in [7, 11) is 0. The molecule has 1 heterocycles.